The van der Waals surface area contributed by atoms with E-state index < -0.39 is 0 Å². The third-order valence-corrected chi connectivity index (χ3v) is 5.81. The highest BCUT2D eigenvalue weighted by Gasteiger charge is 2.20. The van der Waals surface area contributed by atoms with Crippen molar-refractivity contribution in [1.82, 2.24) is 24.1 Å². The van der Waals surface area contributed by atoms with Crippen LogP contribution in [0.2, 0.25) is 0 Å². The van der Waals surface area contributed by atoms with E-state index in [2.05, 4.69) is 69.5 Å². The fourth-order valence-electron chi connectivity index (χ4n) is 4.15. The van der Waals surface area contributed by atoms with Gasteiger partial charge in [-0.2, -0.15) is 0 Å². The molecule has 0 aliphatic rings. The second kappa shape index (κ2) is 6.27. The minimum absolute atomic E-state index is 0.730. The van der Waals surface area contributed by atoms with Crippen molar-refractivity contribution in [2.75, 3.05) is 0 Å². The zero-order valence-corrected chi connectivity index (χ0v) is 17.4. The van der Waals surface area contributed by atoms with Gasteiger partial charge < -0.3 is 0 Å². The normalized spacial score (nSPS) is 11.6. The topological polar surface area (TPSA) is 48.0 Å². The largest absolute Gasteiger partial charge is 0.298 e. The van der Waals surface area contributed by atoms with Gasteiger partial charge in [0.1, 0.15) is 6.33 Å². The van der Waals surface area contributed by atoms with E-state index in [1.807, 2.05) is 12.1 Å². The Bertz CT molecular complexity index is 1400. The third-order valence-electron chi connectivity index (χ3n) is 5.81. The molecule has 144 valence electrons. The van der Waals surface area contributed by atoms with Gasteiger partial charge in [-0.15, -0.1) is 5.10 Å². The molecule has 5 nitrogen and oxygen atoms in total. The van der Waals surface area contributed by atoms with Crippen LogP contribution in [0.4, 0.5) is 0 Å². The first-order valence-electron chi connectivity index (χ1n) is 9.82. The monoisotopic (exact) mass is 381 g/mol. The van der Waals surface area contributed by atoms with Crippen molar-refractivity contribution in [3.63, 3.8) is 0 Å². The van der Waals surface area contributed by atoms with Gasteiger partial charge in [-0.25, -0.2) is 14.5 Å². The van der Waals surface area contributed by atoms with E-state index in [0.29, 0.717) is 0 Å². The second-order valence-corrected chi connectivity index (χ2v) is 7.80. The number of aromatic nitrogens is 5. The number of hydrogen-bond acceptors (Lipinski definition) is 3. The molecule has 0 bridgehead atoms. The Morgan fingerprint density at radius 1 is 0.828 bits per heavy atom. The smallest absolute Gasteiger partial charge is 0.182 e. The summed E-state index contributed by atoms with van der Waals surface area (Å²) in [6.45, 7) is 10.6. The Labute approximate surface area is 169 Å². The lowest BCUT2D eigenvalue weighted by atomic mass is 10.1. The average molecular weight is 381 g/mol. The maximum absolute atomic E-state index is 4.92. The van der Waals surface area contributed by atoms with Crippen LogP contribution in [0, 0.1) is 34.6 Å². The Morgan fingerprint density at radius 2 is 1.62 bits per heavy atom. The summed E-state index contributed by atoms with van der Waals surface area (Å²) in [4.78, 5) is 9.70. The summed E-state index contributed by atoms with van der Waals surface area (Å²) in [6.07, 6.45) is 1.77. The van der Waals surface area contributed by atoms with E-state index in [9.17, 15) is 0 Å². The number of fused-ring (bicyclic) bond motifs is 3. The van der Waals surface area contributed by atoms with Crippen molar-refractivity contribution in [2.45, 2.75) is 34.6 Å². The Morgan fingerprint density at radius 3 is 2.38 bits per heavy atom. The molecule has 0 aliphatic heterocycles. The molecule has 0 unspecified atom stereocenters. The van der Waals surface area contributed by atoms with Crippen LogP contribution in [0.5, 0.6) is 0 Å². The molecule has 0 amide bonds. The van der Waals surface area contributed by atoms with E-state index in [1.165, 1.54) is 22.4 Å². The zero-order chi connectivity index (χ0) is 20.3. The van der Waals surface area contributed by atoms with Gasteiger partial charge in [0.15, 0.2) is 17.1 Å². The van der Waals surface area contributed by atoms with E-state index in [4.69, 9.17) is 15.1 Å². The lowest BCUT2D eigenvalue weighted by molar-refractivity contribution is 0.925. The van der Waals surface area contributed by atoms with Gasteiger partial charge in [0.25, 0.3) is 0 Å². The van der Waals surface area contributed by atoms with Crippen LogP contribution >= 0.6 is 0 Å². The predicted octanol–water partition coefficient (Wildman–Crippen LogP) is 5.28. The molecule has 0 radical (unpaired) electrons. The molecular formula is C24H23N5. The Hall–Kier alpha value is -3.47. The Kier molecular flexibility index (Phi) is 3.81. The number of aryl methyl sites for hydroxylation is 4. The first-order chi connectivity index (χ1) is 14.0. The molecule has 0 saturated carbocycles. The van der Waals surface area contributed by atoms with Crippen molar-refractivity contribution in [3.8, 4) is 17.1 Å². The summed E-state index contributed by atoms with van der Waals surface area (Å²) < 4.78 is 4.03. The molecule has 2 aromatic carbocycles. The summed E-state index contributed by atoms with van der Waals surface area (Å²) >= 11 is 0. The first-order valence-corrected chi connectivity index (χ1v) is 9.82. The van der Waals surface area contributed by atoms with Crippen LogP contribution in [-0.4, -0.2) is 24.1 Å². The maximum atomic E-state index is 4.92. The van der Waals surface area contributed by atoms with Gasteiger partial charge in [0.2, 0.25) is 0 Å². The zero-order valence-electron chi connectivity index (χ0n) is 17.4. The van der Waals surface area contributed by atoms with E-state index >= 15 is 0 Å². The highest BCUT2D eigenvalue weighted by atomic mass is 15.3. The van der Waals surface area contributed by atoms with E-state index in [0.717, 1.165) is 39.3 Å². The van der Waals surface area contributed by atoms with E-state index in [1.54, 1.807) is 10.8 Å². The molecule has 3 aromatic heterocycles. The highest BCUT2D eigenvalue weighted by Crippen LogP contribution is 2.32. The molecule has 0 spiro atoms. The molecule has 5 heteroatoms. The van der Waals surface area contributed by atoms with Crippen molar-refractivity contribution >= 4 is 16.7 Å². The lowest BCUT2D eigenvalue weighted by Crippen LogP contribution is -2.01. The van der Waals surface area contributed by atoms with Crippen LogP contribution in [0.1, 0.15) is 27.9 Å². The molecule has 0 aliphatic carbocycles. The minimum Gasteiger partial charge on any atom is -0.298 e. The SMILES string of the molecule is Cc1ccc(-n2c(C)c(C)c3c2ncn2nc(-c4ccccc4C)nc32)c(C)c1. The summed E-state index contributed by atoms with van der Waals surface area (Å²) in [5.74, 6) is 0.730. The second-order valence-electron chi connectivity index (χ2n) is 7.80. The maximum Gasteiger partial charge on any atom is 0.182 e. The summed E-state index contributed by atoms with van der Waals surface area (Å²) in [5.41, 5.74) is 9.97. The molecule has 0 fully saturated rings. The number of hydrogen-bond donors (Lipinski definition) is 0. The number of rotatable bonds is 2. The molecule has 0 atom stereocenters. The van der Waals surface area contributed by atoms with Crippen LogP contribution in [0.15, 0.2) is 48.8 Å². The summed E-state index contributed by atoms with van der Waals surface area (Å²) in [6, 6.07) is 14.7. The van der Waals surface area contributed by atoms with Crippen molar-refractivity contribution in [2.24, 2.45) is 0 Å². The Balaban J connectivity index is 1.82. The quantitative estimate of drug-likeness (QED) is 0.418. The van der Waals surface area contributed by atoms with Crippen LogP contribution in [-0.2, 0) is 0 Å². The van der Waals surface area contributed by atoms with Gasteiger partial charge in [0.05, 0.1) is 11.1 Å². The van der Waals surface area contributed by atoms with Gasteiger partial charge in [-0.05, 0) is 57.4 Å². The van der Waals surface area contributed by atoms with Crippen molar-refractivity contribution in [1.29, 1.82) is 0 Å². The highest BCUT2D eigenvalue weighted by molar-refractivity contribution is 5.95. The summed E-state index contributed by atoms with van der Waals surface area (Å²) in [7, 11) is 0. The molecule has 3 heterocycles. The molecule has 5 aromatic rings. The standard InChI is InChI=1S/C24H23N5/c1-14-10-11-20(16(3)12-14)29-18(5)17(4)21-23(29)25-13-28-24(21)26-22(27-28)19-9-7-6-8-15(19)2/h6-13H,1-5H3. The van der Waals surface area contributed by atoms with Crippen molar-refractivity contribution < 1.29 is 0 Å². The fourth-order valence-corrected chi connectivity index (χ4v) is 4.15. The lowest BCUT2D eigenvalue weighted by Gasteiger charge is -2.12. The van der Waals surface area contributed by atoms with Crippen LogP contribution in [0.3, 0.4) is 0 Å². The predicted molar refractivity (Wildman–Crippen MR) is 117 cm³/mol. The number of benzene rings is 2. The molecular weight excluding hydrogens is 358 g/mol. The van der Waals surface area contributed by atoms with Gasteiger partial charge in [0, 0.05) is 11.3 Å². The average Bonchev–Trinajstić information content (AvgIpc) is 3.22. The molecule has 29 heavy (non-hydrogen) atoms. The van der Waals surface area contributed by atoms with Gasteiger partial charge in [-0.3, -0.25) is 4.57 Å². The van der Waals surface area contributed by atoms with Gasteiger partial charge >= 0.3 is 0 Å². The third kappa shape index (κ3) is 2.58. The molecule has 0 N–H and O–H groups in total. The van der Waals surface area contributed by atoms with Gasteiger partial charge in [-0.1, -0.05) is 42.0 Å². The van der Waals surface area contributed by atoms with Crippen LogP contribution < -0.4 is 0 Å². The van der Waals surface area contributed by atoms with Crippen molar-refractivity contribution in [3.05, 3.63) is 76.7 Å². The summed E-state index contributed by atoms with van der Waals surface area (Å²) in [5, 5.41) is 5.76. The first kappa shape index (κ1) is 17.6. The number of nitrogens with zero attached hydrogens (tertiary/aromatic N) is 5. The molecule has 5 rings (SSSR count). The minimum atomic E-state index is 0.730. The van der Waals surface area contributed by atoms with Crippen LogP contribution in [0.25, 0.3) is 33.8 Å². The fraction of sp³-hybridized carbons (Fsp3) is 0.208. The molecule has 0 saturated heterocycles. The van der Waals surface area contributed by atoms with E-state index in [-0.39, 0.29) is 0 Å².